The molecule has 30 heavy (non-hydrogen) atoms. The lowest BCUT2D eigenvalue weighted by Crippen LogP contribution is -2.83. The molecular formula is C13H9F13O4. The van der Waals surface area contributed by atoms with E-state index in [0.717, 1.165) is 0 Å². The first-order valence-electron chi connectivity index (χ1n) is 7.22. The van der Waals surface area contributed by atoms with Crippen LogP contribution < -0.4 is 0 Å². The molecule has 0 amide bonds. The van der Waals surface area contributed by atoms with E-state index in [2.05, 4.69) is 9.47 Å². The molecule has 1 fully saturated rings. The Hall–Kier alpha value is -1.78. The number of carbonyl (C=O) groups excluding carboxylic acids is 1. The molecule has 0 aliphatic carbocycles. The molecule has 1 N–H and O–H groups in total. The van der Waals surface area contributed by atoms with Crippen molar-refractivity contribution in [2.24, 2.45) is 0 Å². The number of rotatable bonds is 3. The summed E-state index contributed by atoms with van der Waals surface area (Å²) in [6, 6.07) is 0. The molecule has 176 valence electrons. The van der Waals surface area contributed by atoms with Crippen LogP contribution in [0.2, 0.25) is 0 Å². The van der Waals surface area contributed by atoms with Crippen molar-refractivity contribution in [1.29, 1.82) is 0 Å². The molecule has 1 rings (SSSR count). The van der Waals surface area contributed by atoms with Crippen LogP contribution in [0.3, 0.4) is 0 Å². The second-order valence-electron chi connectivity index (χ2n) is 5.93. The van der Waals surface area contributed by atoms with Crippen molar-refractivity contribution in [2.75, 3.05) is 0 Å². The van der Waals surface area contributed by atoms with Crippen LogP contribution in [0.1, 0.15) is 13.3 Å². The van der Waals surface area contributed by atoms with E-state index in [-0.39, 0.29) is 6.92 Å². The maximum Gasteiger partial charge on any atom is 0.449 e. The maximum atomic E-state index is 14.5. The summed E-state index contributed by atoms with van der Waals surface area (Å²) in [5, 5.41) is 9.21. The normalized spacial score (nSPS) is 31.9. The van der Waals surface area contributed by atoms with Crippen molar-refractivity contribution >= 4 is 5.97 Å². The van der Waals surface area contributed by atoms with Crippen molar-refractivity contribution < 1.29 is 76.5 Å². The molecule has 3 unspecified atom stereocenters. The molecule has 0 radical (unpaired) electrons. The van der Waals surface area contributed by atoms with Gasteiger partial charge in [-0.15, -0.1) is 0 Å². The van der Waals surface area contributed by atoms with Gasteiger partial charge in [-0.1, -0.05) is 13.5 Å². The van der Waals surface area contributed by atoms with Gasteiger partial charge >= 0.3 is 42.1 Å². The van der Waals surface area contributed by atoms with E-state index < -0.39 is 65.8 Å². The molecular weight excluding hydrogens is 467 g/mol. The van der Waals surface area contributed by atoms with Gasteiger partial charge in [0.1, 0.15) is 5.57 Å². The number of alkyl halides is 13. The molecule has 1 aliphatic rings. The third-order valence-corrected chi connectivity index (χ3v) is 4.12. The highest BCUT2D eigenvalue weighted by atomic mass is 19.4. The number of esters is 1. The average Bonchev–Trinajstić information content (AvgIpc) is 2.51. The standard InChI is InChI=1S/C13H9F13O4/c1-3-7(29-5(27)4(2)9(16,17)18)8(14,15)6(10(19,20)21)30-12(28,11(7,22)23)13(24,25)26/h6,28H,2-3H2,1H3. The Balaban J connectivity index is 3.88. The lowest BCUT2D eigenvalue weighted by Gasteiger charge is -2.55. The summed E-state index contributed by atoms with van der Waals surface area (Å²) < 4.78 is 179. The van der Waals surface area contributed by atoms with Crippen LogP contribution in [0.4, 0.5) is 57.1 Å². The maximum absolute atomic E-state index is 14.5. The monoisotopic (exact) mass is 476 g/mol. The Bertz CT molecular complexity index is 707. The number of carbonyl (C=O) groups is 1. The SMILES string of the molecule is C=C(C(=O)OC1(CC)C(F)(F)C(C(F)(F)F)OC(O)(C(F)(F)F)C1(F)F)C(F)(F)F. The Labute approximate surface area is 157 Å². The van der Waals surface area contributed by atoms with Crippen LogP contribution in [-0.2, 0) is 14.3 Å². The number of halogens is 13. The number of hydrogen-bond acceptors (Lipinski definition) is 4. The highest BCUT2D eigenvalue weighted by Crippen LogP contribution is 2.63. The summed E-state index contributed by atoms with van der Waals surface area (Å²) in [6.45, 7) is 2.03. The van der Waals surface area contributed by atoms with Gasteiger partial charge in [-0.25, -0.2) is 4.79 Å². The van der Waals surface area contributed by atoms with Gasteiger partial charge in [-0.2, -0.15) is 57.1 Å². The fourth-order valence-corrected chi connectivity index (χ4v) is 2.53. The molecule has 1 aliphatic heterocycles. The van der Waals surface area contributed by atoms with E-state index in [0.29, 0.717) is 0 Å². The summed E-state index contributed by atoms with van der Waals surface area (Å²) in [7, 11) is 0. The molecule has 1 heterocycles. The molecule has 0 bridgehead atoms. The predicted molar refractivity (Wildman–Crippen MR) is 66.1 cm³/mol. The Morgan fingerprint density at radius 2 is 1.47 bits per heavy atom. The lowest BCUT2D eigenvalue weighted by molar-refractivity contribution is -0.532. The topological polar surface area (TPSA) is 55.8 Å². The third kappa shape index (κ3) is 3.48. The van der Waals surface area contributed by atoms with E-state index in [1.165, 1.54) is 0 Å². The molecule has 1 saturated heterocycles. The molecule has 0 aromatic carbocycles. The Kier molecular flexibility index (Phi) is 6.01. The predicted octanol–water partition coefficient (Wildman–Crippen LogP) is 4.28. The zero-order chi connectivity index (χ0) is 24.4. The summed E-state index contributed by atoms with van der Waals surface area (Å²) in [5.74, 6) is -22.5. The first kappa shape index (κ1) is 26.3. The summed E-state index contributed by atoms with van der Waals surface area (Å²) >= 11 is 0. The molecule has 0 spiro atoms. The lowest BCUT2D eigenvalue weighted by atomic mass is 9.75. The van der Waals surface area contributed by atoms with Crippen molar-refractivity contribution in [3.8, 4) is 0 Å². The van der Waals surface area contributed by atoms with Gasteiger partial charge in [0.25, 0.3) is 0 Å². The van der Waals surface area contributed by atoms with Gasteiger partial charge in [-0.05, 0) is 6.42 Å². The van der Waals surface area contributed by atoms with Gasteiger partial charge in [0.2, 0.25) is 11.7 Å². The third-order valence-electron chi connectivity index (χ3n) is 4.12. The van der Waals surface area contributed by atoms with Gasteiger partial charge in [0.15, 0.2) is 0 Å². The van der Waals surface area contributed by atoms with Crippen molar-refractivity contribution in [2.45, 2.75) is 61.2 Å². The summed E-state index contributed by atoms with van der Waals surface area (Å²) in [4.78, 5) is 11.4. The zero-order valence-electron chi connectivity index (χ0n) is 14.1. The quantitative estimate of drug-likeness (QED) is 0.376. The Morgan fingerprint density at radius 1 is 1.03 bits per heavy atom. The van der Waals surface area contributed by atoms with E-state index in [4.69, 9.17) is 0 Å². The fraction of sp³-hybridized carbons (Fsp3) is 0.769. The first-order valence-corrected chi connectivity index (χ1v) is 7.22. The zero-order valence-corrected chi connectivity index (χ0v) is 14.1. The van der Waals surface area contributed by atoms with E-state index in [1.807, 2.05) is 6.58 Å². The first-order chi connectivity index (χ1) is 12.9. The minimum atomic E-state index is -6.91. The largest absolute Gasteiger partial charge is 0.449 e. The van der Waals surface area contributed by atoms with Crippen molar-refractivity contribution in [1.82, 2.24) is 0 Å². The van der Waals surface area contributed by atoms with Crippen LogP contribution in [-0.4, -0.2) is 58.9 Å². The van der Waals surface area contributed by atoms with Gasteiger partial charge < -0.3 is 14.6 Å². The highest BCUT2D eigenvalue weighted by molar-refractivity contribution is 5.89. The van der Waals surface area contributed by atoms with Crippen LogP contribution in [0.15, 0.2) is 12.2 Å². The molecule has 0 aromatic heterocycles. The van der Waals surface area contributed by atoms with E-state index >= 15 is 0 Å². The van der Waals surface area contributed by atoms with E-state index in [1.54, 1.807) is 0 Å². The van der Waals surface area contributed by atoms with Gasteiger partial charge in [0.05, 0.1) is 0 Å². The fourth-order valence-electron chi connectivity index (χ4n) is 2.53. The van der Waals surface area contributed by atoms with Crippen molar-refractivity contribution in [3.63, 3.8) is 0 Å². The van der Waals surface area contributed by atoms with Crippen LogP contribution in [0, 0.1) is 0 Å². The highest BCUT2D eigenvalue weighted by Gasteiger charge is 2.92. The summed E-state index contributed by atoms with van der Waals surface area (Å²) in [6.07, 6.45) is -26.8. The molecule has 3 atom stereocenters. The Morgan fingerprint density at radius 3 is 1.77 bits per heavy atom. The molecule has 0 aromatic rings. The van der Waals surface area contributed by atoms with Crippen molar-refractivity contribution in [3.05, 3.63) is 12.2 Å². The number of aliphatic hydroxyl groups is 1. The average molecular weight is 476 g/mol. The van der Waals surface area contributed by atoms with Gasteiger partial charge in [0, 0.05) is 0 Å². The molecule has 17 heteroatoms. The van der Waals surface area contributed by atoms with Gasteiger partial charge in [-0.3, -0.25) is 0 Å². The smallest absolute Gasteiger partial charge is 0.442 e. The molecule has 4 nitrogen and oxygen atoms in total. The summed E-state index contributed by atoms with van der Waals surface area (Å²) in [5.41, 5.74) is -8.39. The molecule has 0 saturated carbocycles. The number of ether oxygens (including phenoxy) is 2. The van der Waals surface area contributed by atoms with Crippen LogP contribution in [0.25, 0.3) is 0 Å². The van der Waals surface area contributed by atoms with Crippen LogP contribution >= 0.6 is 0 Å². The minimum absolute atomic E-state index is 0.0565. The second kappa shape index (κ2) is 6.86. The second-order valence-corrected chi connectivity index (χ2v) is 5.93. The van der Waals surface area contributed by atoms with Crippen LogP contribution in [0.5, 0.6) is 0 Å². The minimum Gasteiger partial charge on any atom is -0.442 e. The number of hydrogen-bond donors (Lipinski definition) is 1. The van der Waals surface area contributed by atoms with E-state index in [9.17, 15) is 67.0 Å².